The van der Waals surface area contributed by atoms with E-state index in [4.69, 9.17) is 9.72 Å². The number of imidazole rings is 1. The molecule has 1 fully saturated rings. The molecule has 2 unspecified atom stereocenters. The van der Waals surface area contributed by atoms with Gasteiger partial charge in [-0.2, -0.15) is 5.10 Å². The summed E-state index contributed by atoms with van der Waals surface area (Å²) in [6.07, 6.45) is 8.20. The predicted octanol–water partition coefficient (Wildman–Crippen LogP) is 5.07. The number of aromatic nitrogens is 4. The number of anilines is 1. The summed E-state index contributed by atoms with van der Waals surface area (Å²) in [5, 5.41) is 14.0. The smallest absolute Gasteiger partial charge is 0.414 e. The van der Waals surface area contributed by atoms with E-state index in [0.29, 0.717) is 19.4 Å². The maximum atomic E-state index is 12.6. The van der Waals surface area contributed by atoms with Gasteiger partial charge in [0.15, 0.2) is 0 Å². The molecule has 2 aromatic heterocycles. The molecule has 3 heterocycles. The molecule has 2 aliphatic rings. The molecule has 1 saturated carbocycles. The van der Waals surface area contributed by atoms with Crippen LogP contribution in [0.15, 0.2) is 24.5 Å². The minimum atomic E-state index is -0.697. The molecule has 9 nitrogen and oxygen atoms in total. The van der Waals surface area contributed by atoms with Crippen molar-refractivity contribution in [3.63, 3.8) is 0 Å². The Bertz CT molecular complexity index is 1290. The van der Waals surface area contributed by atoms with Crippen LogP contribution in [-0.2, 0) is 22.5 Å². The van der Waals surface area contributed by atoms with Gasteiger partial charge >= 0.3 is 12.1 Å². The first-order valence-corrected chi connectivity index (χ1v) is 12.9. The number of ether oxygens (including phenoxy) is 1. The molecular weight excluding hydrogens is 458 g/mol. The Hall–Kier alpha value is -3.36. The van der Waals surface area contributed by atoms with Crippen LogP contribution in [0.2, 0.25) is 0 Å². The summed E-state index contributed by atoms with van der Waals surface area (Å²) < 4.78 is 9.41. The summed E-state index contributed by atoms with van der Waals surface area (Å²) in [4.78, 5) is 31.2. The van der Waals surface area contributed by atoms with Gasteiger partial charge in [0.2, 0.25) is 0 Å². The third-order valence-electron chi connectivity index (χ3n) is 7.93. The normalized spacial score (nSPS) is 22.9. The summed E-state index contributed by atoms with van der Waals surface area (Å²) >= 11 is 0. The Morgan fingerprint density at radius 1 is 1.19 bits per heavy atom. The number of hydrogen-bond donors (Lipinski definition) is 1. The highest BCUT2D eigenvalue weighted by atomic mass is 16.5. The summed E-state index contributed by atoms with van der Waals surface area (Å²) in [5.74, 6) is 0.127. The molecule has 0 spiro atoms. The first-order valence-electron chi connectivity index (χ1n) is 12.9. The van der Waals surface area contributed by atoms with E-state index in [0.717, 1.165) is 59.4 Å². The van der Waals surface area contributed by atoms with E-state index in [-0.39, 0.29) is 30.0 Å². The van der Waals surface area contributed by atoms with Crippen molar-refractivity contribution in [2.24, 2.45) is 5.92 Å². The molecule has 1 aliphatic carbocycles. The third-order valence-corrected chi connectivity index (χ3v) is 7.93. The standard InChI is InChI=1S/C27H35N5O4/c1-16-13-28-30(14-16)15-17(2)25-29-24-21-10-5-18(3)31(27(35)36-4)22(21)11-12-23(24)32(25)20-8-6-19(7-9-20)26(33)34/h11-14,17-20H,5-10,15H2,1-4H3,(H,33,34). The lowest BCUT2D eigenvalue weighted by Crippen LogP contribution is -2.42. The minimum absolute atomic E-state index is 0.0530. The average molecular weight is 494 g/mol. The van der Waals surface area contributed by atoms with E-state index in [1.54, 1.807) is 4.90 Å². The van der Waals surface area contributed by atoms with Gasteiger partial charge in [0, 0.05) is 29.8 Å². The number of fused-ring (bicyclic) bond motifs is 3. The highest BCUT2D eigenvalue weighted by Crippen LogP contribution is 2.41. The Morgan fingerprint density at radius 3 is 2.58 bits per heavy atom. The van der Waals surface area contributed by atoms with Crippen LogP contribution in [0.3, 0.4) is 0 Å². The number of aliphatic carboxylic acids is 1. The van der Waals surface area contributed by atoms with Gasteiger partial charge in [0.05, 0.1) is 42.5 Å². The van der Waals surface area contributed by atoms with Crippen LogP contribution in [-0.4, -0.2) is 49.7 Å². The fourth-order valence-electron chi connectivity index (χ4n) is 6.03. The number of rotatable bonds is 5. The first kappa shape index (κ1) is 24.3. The quantitative estimate of drug-likeness (QED) is 0.532. The fraction of sp³-hybridized carbons (Fsp3) is 0.556. The average Bonchev–Trinajstić information content (AvgIpc) is 3.46. The monoisotopic (exact) mass is 493 g/mol. The molecule has 5 rings (SSSR count). The number of carbonyl (C=O) groups is 2. The maximum Gasteiger partial charge on any atom is 0.414 e. The first-order chi connectivity index (χ1) is 17.3. The van der Waals surface area contributed by atoms with Crippen LogP contribution in [0.25, 0.3) is 11.0 Å². The molecule has 1 aromatic carbocycles. The fourth-order valence-corrected chi connectivity index (χ4v) is 6.03. The van der Waals surface area contributed by atoms with Gasteiger partial charge in [0.1, 0.15) is 5.82 Å². The van der Waals surface area contributed by atoms with Crippen LogP contribution < -0.4 is 4.90 Å². The van der Waals surface area contributed by atoms with E-state index in [1.807, 2.05) is 37.0 Å². The van der Waals surface area contributed by atoms with Crippen molar-refractivity contribution in [3.8, 4) is 0 Å². The van der Waals surface area contributed by atoms with Crippen molar-refractivity contribution >= 4 is 28.8 Å². The molecule has 36 heavy (non-hydrogen) atoms. The number of benzene rings is 1. The molecule has 0 saturated heterocycles. The lowest BCUT2D eigenvalue weighted by atomic mass is 9.85. The van der Waals surface area contributed by atoms with Crippen molar-refractivity contribution in [3.05, 3.63) is 41.5 Å². The van der Waals surface area contributed by atoms with Crippen molar-refractivity contribution in [2.75, 3.05) is 12.0 Å². The molecule has 0 bridgehead atoms. The van der Waals surface area contributed by atoms with Crippen LogP contribution >= 0.6 is 0 Å². The van der Waals surface area contributed by atoms with Gasteiger partial charge in [0.25, 0.3) is 0 Å². The van der Waals surface area contributed by atoms with E-state index in [2.05, 4.69) is 22.7 Å². The van der Waals surface area contributed by atoms with Gasteiger partial charge in [-0.15, -0.1) is 0 Å². The van der Waals surface area contributed by atoms with Crippen molar-refractivity contribution in [2.45, 2.75) is 83.8 Å². The summed E-state index contributed by atoms with van der Waals surface area (Å²) in [7, 11) is 1.42. The summed E-state index contributed by atoms with van der Waals surface area (Å²) in [6.45, 7) is 6.95. The molecule has 9 heteroatoms. The number of carboxylic acids is 1. The number of hydrogen-bond acceptors (Lipinski definition) is 5. The number of nitrogens with zero attached hydrogens (tertiary/aromatic N) is 5. The number of aryl methyl sites for hydroxylation is 2. The number of carbonyl (C=O) groups excluding carboxylic acids is 1. The van der Waals surface area contributed by atoms with E-state index in [1.165, 1.54) is 7.11 Å². The Kier molecular flexibility index (Phi) is 6.49. The zero-order chi connectivity index (χ0) is 25.6. The van der Waals surface area contributed by atoms with Crippen molar-refractivity contribution < 1.29 is 19.4 Å². The van der Waals surface area contributed by atoms with Gasteiger partial charge < -0.3 is 14.4 Å². The van der Waals surface area contributed by atoms with Crippen LogP contribution in [0.4, 0.5) is 10.5 Å². The van der Waals surface area contributed by atoms with Crippen LogP contribution in [0.1, 0.15) is 74.9 Å². The molecule has 2 atom stereocenters. The topological polar surface area (TPSA) is 102 Å². The van der Waals surface area contributed by atoms with Gasteiger partial charge in [-0.05, 0) is 70.1 Å². The maximum absolute atomic E-state index is 12.6. The molecule has 1 N–H and O–H groups in total. The zero-order valence-corrected chi connectivity index (χ0v) is 21.5. The highest BCUT2D eigenvalue weighted by molar-refractivity contribution is 5.95. The third kappa shape index (κ3) is 4.24. The number of amides is 1. The largest absolute Gasteiger partial charge is 0.481 e. The second-order valence-corrected chi connectivity index (χ2v) is 10.5. The van der Waals surface area contributed by atoms with E-state index >= 15 is 0 Å². The SMILES string of the molecule is COC(=O)N1c2ccc3c(nc(C(C)Cn4cc(C)cn4)n3C3CCC(C(=O)O)CC3)c2CCC1C. The zero-order valence-electron chi connectivity index (χ0n) is 21.5. The van der Waals surface area contributed by atoms with Gasteiger partial charge in [-0.3, -0.25) is 14.4 Å². The van der Waals surface area contributed by atoms with E-state index < -0.39 is 5.97 Å². The molecular formula is C27H35N5O4. The molecule has 192 valence electrons. The Balaban J connectivity index is 1.60. The Morgan fingerprint density at radius 2 is 1.94 bits per heavy atom. The number of carboxylic acid groups (broad SMARTS) is 1. The van der Waals surface area contributed by atoms with E-state index in [9.17, 15) is 14.7 Å². The molecule has 0 radical (unpaired) electrons. The summed E-state index contributed by atoms with van der Waals surface area (Å²) in [5.41, 5.74) is 5.07. The summed E-state index contributed by atoms with van der Waals surface area (Å²) in [6, 6.07) is 4.35. The molecule has 3 aromatic rings. The second kappa shape index (κ2) is 9.59. The number of methoxy groups -OCH3 is 1. The predicted molar refractivity (Wildman–Crippen MR) is 136 cm³/mol. The lowest BCUT2D eigenvalue weighted by Gasteiger charge is -2.34. The highest BCUT2D eigenvalue weighted by Gasteiger charge is 2.34. The molecule has 1 amide bonds. The molecule has 1 aliphatic heterocycles. The van der Waals surface area contributed by atoms with Gasteiger partial charge in [-0.1, -0.05) is 6.92 Å². The van der Waals surface area contributed by atoms with Crippen molar-refractivity contribution in [1.82, 2.24) is 19.3 Å². The van der Waals surface area contributed by atoms with Crippen molar-refractivity contribution in [1.29, 1.82) is 0 Å². The second-order valence-electron chi connectivity index (χ2n) is 10.5. The lowest BCUT2D eigenvalue weighted by molar-refractivity contribution is -0.143. The van der Waals surface area contributed by atoms with Gasteiger partial charge in [-0.25, -0.2) is 9.78 Å². The van der Waals surface area contributed by atoms with Crippen LogP contribution in [0, 0.1) is 12.8 Å². The van der Waals surface area contributed by atoms with Crippen LogP contribution in [0.5, 0.6) is 0 Å². The minimum Gasteiger partial charge on any atom is -0.481 e. The Labute approximate surface area is 211 Å².